The van der Waals surface area contributed by atoms with Crippen LogP contribution in [-0.4, -0.2) is 36.2 Å². The Labute approximate surface area is 148 Å². The third-order valence-electron chi connectivity index (χ3n) is 4.03. The molecule has 1 amide bonds. The van der Waals surface area contributed by atoms with E-state index in [2.05, 4.69) is 5.32 Å². The molecule has 1 aromatic carbocycles. The maximum atomic E-state index is 13.7. The Balaban J connectivity index is 1.70. The van der Waals surface area contributed by atoms with Gasteiger partial charge in [0.15, 0.2) is 0 Å². The number of hydrogen-bond acceptors (Lipinski definition) is 3. The third-order valence-corrected chi connectivity index (χ3v) is 4.26. The standard InChI is InChI=1S/C18H26ClFN2O2/c1-18(2,3)24-17(23)22-8-6-13(7-9-22)11-21-12-14-4-5-15(19)10-16(14)20/h4-5,10,13,21H,6-9,11-12H2,1-3H3. The van der Waals surface area contributed by atoms with Crippen LogP contribution in [0, 0.1) is 11.7 Å². The Morgan fingerprint density at radius 2 is 2.04 bits per heavy atom. The van der Waals surface area contributed by atoms with Crippen LogP contribution in [0.1, 0.15) is 39.2 Å². The van der Waals surface area contributed by atoms with E-state index in [-0.39, 0.29) is 11.9 Å². The first kappa shape index (κ1) is 19.0. The van der Waals surface area contributed by atoms with Crippen LogP contribution in [0.4, 0.5) is 9.18 Å². The molecule has 1 fully saturated rings. The highest BCUT2D eigenvalue weighted by Crippen LogP contribution is 2.20. The fraction of sp³-hybridized carbons (Fsp3) is 0.611. The third kappa shape index (κ3) is 5.95. The number of rotatable bonds is 4. The number of benzene rings is 1. The van der Waals surface area contributed by atoms with Gasteiger partial charge in [-0.3, -0.25) is 0 Å². The highest BCUT2D eigenvalue weighted by molar-refractivity contribution is 6.30. The van der Waals surface area contributed by atoms with Crippen molar-refractivity contribution in [2.75, 3.05) is 19.6 Å². The lowest BCUT2D eigenvalue weighted by atomic mass is 9.97. The summed E-state index contributed by atoms with van der Waals surface area (Å²) in [6.07, 6.45) is 1.61. The van der Waals surface area contributed by atoms with Crippen LogP contribution in [0.5, 0.6) is 0 Å². The van der Waals surface area contributed by atoms with Gasteiger partial charge in [-0.05, 0) is 58.2 Å². The van der Waals surface area contributed by atoms with Crippen molar-refractivity contribution in [1.29, 1.82) is 0 Å². The molecular formula is C18H26ClFN2O2. The highest BCUT2D eigenvalue weighted by Gasteiger charge is 2.26. The summed E-state index contributed by atoms with van der Waals surface area (Å²) in [5.41, 5.74) is 0.156. The van der Waals surface area contributed by atoms with Gasteiger partial charge in [0.25, 0.3) is 0 Å². The lowest BCUT2D eigenvalue weighted by molar-refractivity contribution is 0.0184. The summed E-state index contributed by atoms with van der Waals surface area (Å²) in [6.45, 7) is 8.32. The van der Waals surface area contributed by atoms with Crippen LogP contribution in [0.15, 0.2) is 18.2 Å². The van der Waals surface area contributed by atoms with Gasteiger partial charge >= 0.3 is 6.09 Å². The SMILES string of the molecule is CC(C)(C)OC(=O)N1CCC(CNCc2ccc(Cl)cc2F)CC1. The maximum Gasteiger partial charge on any atom is 0.410 e. The predicted octanol–water partition coefficient (Wildman–Crippen LogP) is 4.22. The number of hydrogen-bond donors (Lipinski definition) is 1. The summed E-state index contributed by atoms with van der Waals surface area (Å²) >= 11 is 5.75. The minimum atomic E-state index is -0.460. The van der Waals surface area contributed by atoms with Crippen molar-refractivity contribution in [2.24, 2.45) is 5.92 Å². The first-order valence-electron chi connectivity index (χ1n) is 8.37. The zero-order valence-electron chi connectivity index (χ0n) is 14.6. The maximum absolute atomic E-state index is 13.7. The van der Waals surface area contributed by atoms with Gasteiger partial charge in [0.05, 0.1) is 0 Å². The van der Waals surface area contributed by atoms with Gasteiger partial charge in [-0.1, -0.05) is 17.7 Å². The van der Waals surface area contributed by atoms with Crippen LogP contribution in [-0.2, 0) is 11.3 Å². The number of carbonyl (C=O) groups is 1. The molecule has 1 N–H and O–H groups in total. The molecule has 0 unspecified atom stereocenters. The average molecular weight is 357 g/mol. The van der Waals surface area contributed by atoms with E-state index in [1.54, 1.807) is 17.0 Å². The van der Waals surface area contributed by atoms with E-state index in [1.165, 1.54) is 6.07 Å². The predicted molar refractivity (Wildman–Crippen MR) is 93.6 cm³/mol. The van der Waals surface area contributed by atoms with E-state index in [0.717, 1.165) is 19.4 Å². The van der Waals surface area contributed by atoms with Gasteiger partial charge in [0, 0.05) is 30.2 Å². The molecule has 1 aliphatic rings. The molecule has 4 nitrogen and oxygen atoms in total. The molecular weight excluding hydrogens is 331 g/mol. The highest BCUT2D eigenvalue weighted by atomic mass is 35.5. The molecule has 24 heavy (non-hydrogen) atoms. The molecule has 2 rings (SSSR count). The molecule has 1 heterocycles. The summed E-state index contributed by atoms with van der Waals surface area (Å²) in [5.74, 6) is 0.203. The number of halogens is 2. The Hall–Kier alpha value is -1.33. The van der Waals surface area contributed by atoms with Crippen molar-refractivity contribution in [2.45, 2.75) is 45.8 Å². The zero-order valence-corrected chi connectivity index (χ0v) is 15.3. The minimum absolute atomic E-state index is 0.239. The average Bonchev–Trinajstić information content (AvgIpc) is 2.48. The molecule has 0 saturated carbocycles. The van der Waals surface area contributed by atoms with Crippen LogP contribution >= 0.6 is 11.6 Å². The molecule has 134 valence electrons. The van der Waals surface area contributed by atoms with Crippen LogP contribution in [0.2, 0.25) is 5.02 Å². The van der Waals surface area contributed by atoms with Crippen molar-refractivity contribution in [3.63, 3.8) is 0 Å². The smallest absolute Gasteiger partial charge is 0.410 e. The van der Waals surface area contributed by atoms with Crippen LogP contribution in [0.25, 0.3) is 0 Å². The largest absolute Gasteiger partial charge is 0.444 e. The van der Waals surface area contributed by atoms with Crippen LogP contribution in [0.3, 0.4) is 0 Å². The Morgan fingerprint density at radius 3 is 2.62 bits per heavy atom. The van der Waals surface area contributed by atoms with E-state index in [9.17, 15) is 9.18 Å². The van der Waals surface area contributed by atoms with Crippen molar-refractivity contribution >= 4 is 17.7 Å². The van der Waals surface area contributed by atoms with Crippen molar-refractivity contribution < 1.29 is 13.9 Å². The molecule has 0 radical (unpaired) electrons. The Bertz CT molecular complexity index is 567. The minimum Gasteiger partial charge on any atom is -0.444 e. The summed E-state index contributed by atoms with van der Waals surface area (Å²) in [7, 11) is 0. The van der Waals surface area contributed by atoms with E-state index in [4.69, 9.17) is 16.3 Å². The first-order chi connectivity index (χ1) is 11.2. The number of piperidine rings is 1. The lowest BCUT2D eigenvalue weighted by Gasteiger charge is -2.33. The van der Waals surface area contributed by atoms with Crippen molar-refractivity contribution in [3.05, 3.63) is 34.6 Å². The van der Waals surface area contributed by atoms with Gasteiger partial charge in [-0.25, -0.2) is 9.18 Å². The Morgan fingerprint density at radius 1 is 1.38 bits per heavy atom. The van der Waals surface area contributed by atoms with Crippen LogP contribution < -0.4 is 5.32 Å². The molecule has 0 bridgehead atoms. The molecule has 0 atom stereocenters. The number of ether oxygens (including phenoxy) is 1. The Kier molecular flexibility index (Phi) is 6.47. The van der Waals surface area contributed by atoms with Crippen molar-refractivity contribution in [3.8, 4) is 0 Å². The topological polar surface area (TPSA) is 41.6 Å². The molecule has 0 spiro atoms. The monoisotopic (exact) mass is 356 g/mol. The quantitative estimate of drug-likeness (QED) is 0.878. The molecule has 1 aliphatic heterocycles. The fourth-order valence-corrected chi connectivity index (χ4v) is 2.88. The summed E-state index contributed by atoms with van der Waals surface area (Å²) < 4.78 is 19.1. The summed E-state index contributed by atoms with van der Waals surface area (Å²) in [5, 5.41) is 3.70. The first-order valence-corrected chi connectivity index (χ1v) is 8.75. The molecule has 0 aliphatic carbocycles. The van der Waals surface area contributed by atoms with Gasteiger partial charge < -0.3 is 15.0 Å². The van der Waals surface area contributed by atoms with Crippen molar-refractivity contribution in [1.82, 2.24) is 10.2 Å². The number of likely N-dealkylation sites (tertiary alicyclic amines) is 1. The summed E-state index contributed by atoms with van der Waals surface area (Å²) in [4.78, 5) is 13.8. The molecule has 1 aromatic rings. The zero-order chi connectivity index (χ0) is 17.7. The van der Waals surface area contributed by atoms with Gasteiger partial charge in [0.2, 0.25) is 0 Å². The molecule has 6 heteroatoms. The second kappa shape index (κ2) is 8.17. The van der Waals surface area contributed by atoms with Gasteiger partial charge in [-0.2, -0.15) is 0 Å². The lowest BCUT2D eigenvalue weighted by Crippen LogP contribution is -2.43. The van der Waals surface area contributed by atoms with Gasteiger partial charge in [-0.15, -0.1) is 0 Å². The van der Waals surface area contributed by atoms with E-state index >= 15 is 0 Å². The second-order valence-electron chi connectivity index (χ2n) is 7.28. The number of amides is 1. The molecule has 1 saturated heterocycles. The van der Waals surface area contributed by atoms with Gasteiger partial charge in [0.1, 0.15) is 11.4 Å². The summed E-state index contributed by atoms with van der Waals surface area (Å²) in [6, 6.07) is 4.73. The fourth-order valence-electron chi connectivity index (χ4n) is 2.72. The van der Waals surface area contributed by atoms with E-state index in [0.29, 0.717) is 36.1 Å². The normalized spacial score (nSPS) is 16.3. The number of nitrogens with zero attached hydrogens (tertiary/aromatic N) is 1. The van der Waals surface area contributed by atoms with E-state index in [1.807, 2.05) is 20.8 Å². The number of carbonyl (C=O) groups excluding carboxylic acids is 1. The van der Waals surface area contributed by atoms with E-state index < -0.39 is 5.60 Å². The molecule has 0 aromatic heterocycles. The second-order valence-corrected chi connectivity index (χ2v) is 7.71. The number of nitrogens with one attached hydrogen (secondary N) is 1.